The monoisotopic (exact) mass is 423 g/mol. The first kappa shape index (κ1) is 22.1. The van der Waals surface area contributed by atoms with Crippen LogP contribution < -0.4 is 5.32 Å². The average molecular weight is 424 g/mol. The number of benzene rings is 2. The highest BCUT2D eigenvalue weighted by molar-refractivity contribution is 7.99. The minimum atomic E-state index is 0.0176. The van der Waals surface area contributed by atoms with Crippen molar-refractivity contribution in [2.75, 3.05) is 25.9 Å². The Morgan fingerprint density at radius 2 is 1.90 bits per heavy atom. The molecule has 0 unspecified atom stereocenters. The first-order valence-electron chi connectivity index (χ1n) is 10.3. The zero-order valence-electron chi connectivity index (χ0n) is 17.6. The fourth-order valence-corrected chi connectivity index (χ4v) is 4.02. The predicted molar refractivity (Wildman–Crippen MR) is 122 cm³/mol. The topological polar surface area (TPSA) is 63.1 Å². The molecule has 2 aromatic carbocycles. The third-order valence-corrected chi connectivity index (χ3v) is 5.76. The van der Waals surface area contributed by atoms with Crippen LogP contribution in [0.1, 0.15) is 24.5 Å². The van der Waals surface area contributed by atoms with Crippen LogP contribution in [0.4, 0.5) is 0 Å². The Morgan fingerprint density at radius 1 is 1.13 bits per heavy atom. The van der Waals surface area contributed by atoms with Gasteiger partial charge in [-0.25, -0.2) is 0 Å². The van der Waals surface area contributed by atoms with Gasteiger partial charge in [-0.15, -0.1) is 10.2 Å². The van der Waals surface area contributed by atoms with Crippen molar-refractivity contribution < 1.29 is 4.79 Å². The summed E-state index contributed by atoms with van der Waals surface area (Å²) in [5, 5.41) is 12.0. The summed E-state index contributed by atoms with van der Waals surface area (Å²) in [6, 6.07) is 18.6. The van der Waals surface area contributed by atoms with E-state index in [-0.39, 0.29) is 5.91 Å². The van der Waals surface area contributed by atoms with E-state index < -0.39 is 0 Å². The van der Waals surface area contributed by atoms with Crippen LogP contribution >= 0.6 is 11.8 Å². The summed E-state index contributed by atoms with van der Waals surface area (Å²) >= 11 is 1.41. The Bertz CT molecular complexity index is 928. The van der Waals surface area contributed by atoms with E-state index >= 15 is 0 Å². The predicted octanol–water partition coefficient (Wildman–Crippen LogP) is 3.56. The zero-order valence-corrected chi connectivity index (χ0v) is 18.4. The van der Waals surface area contributed by atoms with Gasteiger partial charge in [-0.05, 0) is 43.6 Å². The molecule has 1 heterocycles. The summed E-state index contributed by atoms with van der Waals surface area (Å²) in [6.07, 6.45) is 3.55. The quantitative estimate of drug-likeness (QED) is 0.377. The van der Waals surface area contributed by atoms with Crippen LogP contribution in [0.5, 0.6) is 0 Å². The van der Waals surface area contributed by atoms with Crippen LogP contribution in [-0.2, 0) is 17.8 Å². The number of carbonyl (C=O) groups is 1. The highest BCUT2D eigenvalue weighted by Gasteiger charge is 2.12. The molecule has 0 fully saturated rings. The van der Waals surface area contributed by atoms with Crippen molar-refractivity contribution in [3.05, 3.63) is 72.1 Å². The molecule has 1 aromatic heterocycles. The van der Waals surface area contributed by atoms with E-state index in [0.29, 0.717) is 12.3 Å². The van der Waals surface area contributed by atoms with Gasteiger partial charge in [0.15, 0.2) is 5.16 Å². The number of amides is 1. The number of thioether (sulfide) groups is 1. The van der Waals surface area contributed by atoms with Crippen molar-refractivity contribution in [2.45, 2.75) is 31.5 Å². The van der Waals surface area contributed by atoms with Gasteiger partial charge in [-0.1, -0.05) is 67.2 Å². The average Bonchev–Trinajstić information content (AvgIpc) is 3.24. The number of hydrogen-bond acceptors (Lipinski definition) is 5. The maximum absolute atomic E-state index is 12.2. The van der Waals surface area contributed by atoms with E-state index in [9.17, 15) is 4.79 Å². The summed E-state index contributed by atoms with van der Waals surface area (Å²) in [6.45, 7) is 4.65. The number of carbonyl (C=O) groups excluding carboxylic acids is 1. The Balaban J connectivity index is 1.40. The summed E-state index contributed by atoms with van der Waals surface area (Å²) < 4.78 is 1.95. The molecule has 0 spiro atoms. The van der Waals surface area contributed by atoms with E-state index in [4.69, 9.17) is 0 Å². The molecule has 0 aliphatic carbocycles. The second kappa shape index (κ2) is 11.5. The van der Waals surface area contributed by atoms with E-state index in [0.717, 1.165) is 36.8 Å². The Hall–Kier alpha value is -2.64. The fraction of sp³-hybridized carbons (Fsp3) is 0.348. The smallest absolute Gasteiger partial charge is 0.230 e. The summed E-state index contributed by atoms with van der Waals surface area (Å²) in [5.41, 5.74) is 3.59. The number of para-hydroxylation sites is 1. The summed E-state index contributed by atoms with van der Waals surface area (Å²) in [7, 11) is 2.10. The Morgan fingerprint density at radius 3 is 2.70 bits per heavy atom. The van der Waals surface area contributed by atoms with Gasteiger partial charge in [0, 0.05) is 13.1 Å². The van der Waals surface area contributed by atoms with Crippen LogP contribution in [0.25, 0.3) is 5.69 Å². The third kappa shape index (κ3) is 6.43. The van der Waals surface area contributed by atoms with Crippen molar-refractivity contribution in [1.29, 1.82) is 0 Å². The maximum Gasteiger partial charge on any atom is 0.230 e. The molecule has 7 heteroatoms. The highest BCUT2D eigenvalue weighted by atomic mass is 32.2. The summed E-state index contributed by atoms with van der Waals surface area (Å²) in [5.74, 6) is 0.344. The molecule has 30 heavy (non-hydrogen) atoms. The van der Waals surface area contributed by atoms with Gasteiger partial charge in [0.05, 0.1) is 11.4 Å². The van der Waals surface area contributed by atoms with Gasteiger partial charge in [0.2, 0.25) is 5.91 Å². The second-order valence-electron chi connectivity index (χ2n) is 7.18. The maximum atomic E-state index is 12.2. The molecule has 0 bridgehead atoms. The number of hydrogen-bond donors (Lipinski definition) is 1. The molecule has 0 saturated heterocycles. The second-order valence-corrected chi connectivity index (χ2v) is 8.12. The van der Waals surface area contributed by atoms with Crippen LogP contribution in [0.2, 0.25) is 0 Å². The van der Waals surface area contributed by atoms with Crippen LogP contribution in [-0.4, -0.2) is 51.5 Å². The van der Waals surface area contributed by atoms with E-state index in [1.54, 1.807) is 6.33 Å². The van der Waals surface area contributed by atoms with E-state index in [1.807, 2.05) is 22.8 Å². The van der Waals surface area contributed by atoms with Crippen LogP contribution in [0.15, 0.2) is 66.1 Å². The van der Waals surface area contributed by atoms with Crippen molar-refractivity contribution in [3.63, 3.8) is 0 Å². The van der Waals surface area contributed by atoms with Gasteiger partial charge in [-0.3, -0.25) is 9.36 Å². The lowest BCUT2D eigenvalue weighted by Gasteiger charge is -2.16. The number of rotatable bonds is 11. The standard InChI is InChI=1S/C23H29N5OS/c1-3-20-12-7-8-13-21(20)28-18-25-26-23(28)30-17-22(29)24-14-9-15-27(2)16-19-10-5-4-6-11-19/h4-8,10-13,18H,3,9,14-17H2,1-2H3,(H,24,29). The number of nitrogens with zero attached hydrogens (tertiary/aromatic N) is 4. The number of aromatic nitrogens is 3. The first-order chi connectivity index (χ1) is 14.7. The molecule has 3 rings (SSSR count). The van der Waals surface area contributed by atoms with E-state index in [2.05, 4.69) is 70.8 Å². The molecule has 0 saturated carbocycles. The number of nitrogens with one attached hydrogen (secondary N) is 1. The molecule has 158 valence electrons. The molecule has 6 nitrogen and oxygen atoms in total. The Labute approximate surface area is 182 Å². The normalized spacial score (nSPS) is 11.0. The lowest BCUT2D eigenvalue weighted by molar-refractivity contribution is -0.118. The van der Waals surface area contributed by atoms with Gasteiger partial charge < -0.3 is 10.2 Å². The van der Waals surface area contributed by atoms with Crippen molar-refractivity contribution >= 4 is 17.7 Å². The molecule has 0 radical (unpaired) electrons. The van der Waals surface area contributed by atoms with Gasteiger partial charge in [0.25, 0.3) is 0 Å². The lowest BCUT2D eigenvalue weighted by Crippen LogP contribution is -2.29. The lowest BCUT2D eigenvalue weighted by atomic mass is 10.1. The minimum absolute atomic E-state index is 0.0176. The highest BCUT2D eigenvalue weighted by Crippen LogP contribution is 2.22. The molecule has 0 aliphatic rings. The fourth-order valence-electron chi connectivity index (χ4n) is 3.26. The Kier molecular flexibility index (Phi) is 8.47. The summed E-state index contributed by atoms with van der Waals surface area (Å²) in [4.78, 5) is 14.5. The molecule has 0 aliphatic heterocycles. The third-order valence-electron chi connectivity index (χ3n) is 4.81. The molecule has 1 amide bonds. The largest absolute Gasteiger partial charge is 0.355 e. The van der Waals surface area contributed by atoms with Gasteiger partial charge >= 0.3 is 0 Å². The van der Waals surface area contributed by atoms with Crippen LogP contribution in [0.3, 0.4) is 0 Å². The molecule has 0 atom stereocenters. The minimum Gasteiger partial charge on any atom is -0.355 e. The van der Waals surface area contributed by atoms with Crippen molar-refractivity contribution in [3.8, 4) is 5.69 Å². The zero-order chi connectivity index (χ0) is 21.2. The molecule has 1 N–H and O–H groups in total. The molecule has 3 aromatic rings. The molecular weight excluding hydrogens is 394 g/mol. The number of aryl methyl sites for hydroxylation is 1. The van der Waals surface area contributed by atoms with Crippen molar-refractivity contribution in [1.82, 2.24) is 25.0 Å². The van der Waals surface area contributed by atoms with Crippen molar-refractivity contribution in [2.24, 2.45) is 0 Å². The van der Waals surface area contributed by atoms with Gasteiger partial charge in [-0.2, -0.15) is 0 Å². The van der Waals surface area contributed by atoms with E-state index in [1.165, 1.54) is 22.9 Å². The SMILES string of the molecule is CCc1ccccc1-n1cnnc1SCC(=O)NCCCN(C)Cc1ccccc1. The van der Waals surface area contributed by atoms with Crippen LogP contribution in [0, 0.1) is 0 Å². The molecular formula is C23H29N5OS. The van der Waals surface area contributed by atoms with Gasteiger partial charge in [0.1, 0.15) is 6.33 Å². The first-order valence-corrected chi connectivity index (χ1v) is 11.3.